The molecule has 2 N–H and O–H groups in total. The Balaban J connectivity index is 1.64. The lowest BCUT2D eigenvalue weighted by molar-refractivity contribution is 0.0938. The average molecular weight is 326 g/mol. The fourth-order valence-electron chi connectivity index (χ4n) is 2.23. The van der Waals surface area contributed by atoms with Crippen LogP contribution in [0.2, 0.25) is 0 Å². The predicted molar refractivity (Wildman–Crippen MR) is 85.1 cm³/mol. The Morgan fingerprint density at radius 2 is 2.04 bits per heavy atom. The summed E-state index contributed by atoms with van der Waals surface area (Å²) in [5.74, 6) is 1.85. The summed E-state index contributed by atoms with van der Waals surface area (Å²) in [6.07, 6.45) is 0. The van der Waals surface area contributed by atoms with Crippen molar-refractivity contribution in [3.8, 4) is 0 Å². The minimum Gasteiger partial charge on any atom is -0.342 e. The first kappa shape index (κ1) is 15.8. The summed E-state index contributed by atoms with van der Waals surface area (Å²) in [6.45, 7) is 6.06. The average Bonchev–Trinajstić information content (AvgIpc) is 3.17. The molecule has 0 bridgehead atoms. The van der Waals surface area contributed by atoms with Gasteiger partial charge in [0.2, 0.25) is 0 Å². The third-order valence-corrected chi connectivity index (χ3v) is 3.61. The Labute approximate surface area is 138 Å². The van der Waals surface area contributed by atoms with Crippen LogP contribution in [0.3, 0.4) is 0 Å². The molecule has 2 heterocycles. The molecule has 0 saturated carbocycles. The number of aromatic nitrogens is 7. The number of carbonyl (C=O) groups is 1. The minimum atomic E-state index is -0.272. The normalized spacial score (nSPS) is 12.1. The van der Waals surface area contributed by atoms with E-state index in [0.717, 1.165) is 11.4 Å². The molecule has 0 unspecified atom stereocenters. The van der Waals surface area contributed by atoms with Gasteiger partial charge in [0, 0.05) is 5.56 Å². The van der Waals surface area contributed by atoms with Crippen LogP contribution in [0.5, 0.6) is 0 Å². The Bertz CT molecular complexity index is 835. The number of benzene rings is 1. The molecule has 0 aliphatic rings. The first-order chi connectivity index (χ1) is 11.5. The van der Waals surface area contributed by atoms with Crippen molar-refractivity contribution in [2.45, 2.75) is 33.4 Å². The third-order valence-electron chi connectivity index (χ3n) is 3.61. The lowest BCUT2D eigenvalue weighted by Gasteiger charge is -2.11. The second-order valence-electron chi connectivity index (χ2n) is 5.55. The highest BCUT2D eigenvalue weighted by Gasteiger charge is 2.15. The van der Waals surface area contributed by atoms with Gasteiger partial charge in [-0.3, -0.25) is 9.89 Å². The van der Waals surface area contributed by atoms with Gasteiger partial charge >= 0.3 is 0 Å². The van der Waals surface area contributed by atoms with Gasteiger partial charge in [-0.15, -0.1) is 5.10 Å². The third kappa shape index (κ3) is 3.45. The van der Waals surface area contributed by atoms with Gasteiger partial charge in [0.25, 0.3) is 5.91 Å². The van der Waals surface area contributed by atoms with Crippen molar-refractivity contribution >= 4 is 5.91 Å². The van der Waals surface area contributed by atoms with Crippen LogP contribution in [0, 0.1) is 13.8 Å². The number of nitrogens with one attached hydrogen (secondary N) is 2. The fraction of sp³-hybridized carbons (Fsp3) is 0.333. The van der Waals surface area contributed by atoms with Crippen LogP contribution in [-0.4, -0.2) is 41.3 Å². The number of nitrogens with zero attached hydrogens (tertiary/aromatic N) is 6. The van der Waals surface area contributed by atoms with Crippen molar-refractivity contribution in [3.05, 3.63) is 52.9 Å². The number of hydrogen-bond donors (Lipinski definition) is 2. The van der Waals surface area contributed by atoms with Gasteiger partial charge in [-0.25, -0.2) is 9.67 Å². The highest BCUT2D eigenvalue weighted by Crippen LogP contribution is 2.10. The summed E-state index contributed by atoms with van der Waals surface area (Å²) >= 11 is 0. The van der Waals surface area contributed by atoms with Crippen LogP contribution in [0.25, 0.3) is 0 Å². The number of rotatable bonds is 5. The minimum absolute atomic E-state index is 0.171. The molecule has 9 nitrogen and oxygen atoms in total. The molecule has 1 amide bonds. The zero-order valence-electron chi connectivity index (χ0n) is 13.7. The van der Waals surface area contributed by atoms with Crippen molar-refractivity contribution in [1.82, 2.24) is 40.7 Å². The molecule has 24 heavy (non-hydrogen) atoms. The van der Waals surface area contributed by atoms with Gasteiger partial charge in [-0.1, -0.05) is 12.1 Å². The maximum atomic E-state index is 12.3. The lowest BCUT2D eigenvalue weighted by atomic mass is 10.1. The molecule has 0 aliphatic carbocycles. The number of H-pyrrole nitrogens is 1. The zero-order chi connectivity index (χ0) is 17.1. The van der Waals surface area contributed by atoms with Crippen molar-refractivity contribution in [2.75, 3.05) is 0 Å². The van der Waals surface area contributed by atoms with Gasteiger partial charge in [-0.05, 0) is 48.9 Å². The largest absolute Gasteiger partial charge is 0.342 e. The maximum Gasteiger partial charge on any atom is 0.251 e. The van der Waals surface area contributed by atoms with Gasteiger partial charge < -0.3 is 5.32 Å². The zero-order valence-corrected chi connectivity index (χ0v) is 13.7. The van der Waals surface area contributed by atoms with E-state index < -0.39 is 0 Å². The van der Waals surface area contributed by atoms with E-state index in [0.29, 0.717) is 23.8 Å². The van der Waals surface area contributed by atoms with Gasteiger partial charge in [-0.2, -0.15) is 5.10 Å². The van der Waals surface area contributed by atoms with Crippen LogP contribution in [-0.2, 0) is 6.54 Å². The monoisotopic (exact) mass is 326 g/mol. The molecule has 0 saturated heterocycles. The highest BCUT2D eigenvalue weighted by atomic mass is 16.1. The van der Waals surface area contributed by atoms with Crippen LogP contribution < -0.4 is 5.32 Å². The quantitative estimate of drug-likeness (QED) is 0.721. The molecule has 2 aromatic heterocycles. The standard InChI is InChI=1S/C15H18N8O/c1-9(14-17-10(2)18-20-14)16-15(24)13-6-4-12(5-7-13)8-23-11(3)19-21-22-23/h4-7,9H,8H2,1-3H3,(H,16,24)(H,17,18,20)/t9-/m0/s1. The molecule has 124 valence electrons. The molecular formula is C15H18N8O. The van der Waals surface area contributed by atoms with Gasteiger partial charge in [0.15, 0.2) is 5.82 Å². The molecule has 0 fully saturated rings. The van der Waals surface area contributed by atoms with E-state index in [1.807, 2.05) is 32.9 Å². The summed E-state index contributed by atoms with van der Waals surface area (Å²) in [7, 11) is 0. The van der Waals surface area contributed by atoms with E-state index in [4.69, 9.17) is 0 Å². The summed E-state index contributed by atoms with van der Waals surface area (Å²) in [5.41, 5.74) is 1.59. The van der Waals surface area contributed by atoms with E-state index >= 15 is 0 Å². The first-order valence-corrected chi connectivity index (χ1v) is 7.54. The van der Waals surface area contributed by atoms with E-state index in [1.165, 1.54) is 0 Å². The van der Waals surface area contributed by atoms with Crippen molar-refractivity contribution < 1.29 is 4.79 Å². The summed E-state index contributed by atoms with van der Waals surface area (Å²) in [5, 5.41) is 21.1. The van der Waals surface area contributed by atoms with Crippen LogP contribution in [0.4, 0.5) is 0 Å². The number of tetrazole rings is 1. The molecule has 3 rings (SSSR count). The lowest BCUT2D eigenvalue weighted by Crippen LogP contribution is -2.27. The molecule has 1 aromatic carbocycles. The van der Waals surface area contributed by atoms with E-state index in [1.54, 1.807) is 16.8 Å². The number of hydrogen-bond acceptors (Lipinski definition) is 6. The number of carbonyl (C=O) groups excluding carboxylic acids is 1. The first-order valence-electron chi connectivity index (χ1n) is 7.54. The Morgan fingerprint density at radius 1 is 1.29 bits per heavy atom. The number of aromatic amines is 1. The molecule has 0 radical (unpaired) electrons. The van der Waals surface area contributed by atoms with Crippen LogP contribution in [0.1, 0.15) is 46.4 Å². The Hall–Kier alpha value is -3.10. The van der Waals surface area contributed by atoms with E-state index in [2.05, 4.69) is 36.0 Å². The highest BCUT2D eigenvalue weighted by molar-refractivity contribution is 5.94. The van der Waals surface area contributed by atoms with E-state index in [-0.39, 0.29) is 11.9 Å². The number of amides is 1. The van der Waals surface area contributed by atoms with E-state index in [9.17, 15) is 4.79 Å². The van der Waals surface area contributed by atoms with Gasteiger partial charge in [0.1, 0.15) is 11.6 Å². The Morgan fingerprint density at radius 3 is 2.62 bits per heavy atom. The topological polar surface area (TPSA) is 114 Å². The second kappa shape index (κ2) is 6.57. The fourth-order valence-corrected chi connectivity index (χ4v) is 2.23. The molecular weight excluding hydrogens is 308 g/mol. The molecule has 9 heteroatoms. The SMILES string of the molecule is Cc1nc([C@H](C)NC(=O)c2ccc(Cn3nnnc3C)cc2)n[nH]1. The van der Waals surface area contributed by atoms with Crippen molar-refractivity contribution in [1.29, 1.82) is 0 Å². The Kier molecular flexibility index (Phi) is 4.32. The van der Waals surface area contributed by atoms with Crippen molar-refractivity contribution in [2.24, 2.45) is 0 Å². The molecule has 1 atom stereocenters. The van der Waals surface area contributed by atoms with Crippen molar-refractivity contribution in [3.63, 3.8) is 0 Å². The van der Waals surface area contributed by atoms with Gasteiger partial charge in [0.05, 0.1) is 12.6 Å². The molecule has 0 aliphatic heterocycles. The number of aryl methyl sites for hydroxylation is 2. The molecule has 3 aromatic rings. The predicted octanol–water partition coefficient (Wildman–Crippen LogP) is 0.947. The molecule has 0 spiro atoms. The maximum absolute atomic E-state index is 12.3. The smallest absolute Gasteiger partial charge is 0.251 e. The summed E-state index contributed by atoms with van der Waals surface area (Å²) in [6, 6.07) is 7.06. The van der Waals surface area contributed by atoms with Crippen LogP contribution in [0.15, 0.2) is 24.3 Å². The van der Waals surface area contributed by atoms with Crippen LogP contribution >= 0.6 is 0 Å². The summed E-state index contributed by atoms with van der Waals surface area (Å²) in [4.78, 5) is 16.5. The second-order valence-corrected chi connectivity index (χ2v) is 5.55. The summed E-state index contributed by atoms with van der Waals surface area (Å²) < 4.78 is 1.70.